The highest BCUT2D eigenvalue weighted by molar-refractivity contribution is 8.12. The molecule has 22 heavy (non-hydrogen) atoms. The maximum absolute atomic E-state index is 11.7. The molecule has 1 aromatic heterocycles. The van der Waals surface area contributed by atoms with Crippen LogP contribution in [0.15, 0.2) is 60.8 Å². The smallest absolute Gasteiger partial charge is 0.368 e. The number of carbonyl (C=O) groups excluding carboxylic acids is 1. The molecular formula is C17H14N2O2S. The maximum atomic E-state index is 11.7. The van der Waals surface area contributed by atoms with Gasteiger partial charge in [0.25, 0.3) is 0 Å². The van der Waals surface area contributed by atoms with E-state index in [-0.39, 0.29) is 11.9 Å². The van der Waals surface area contributed by atoms with Gasteiger partial charge in [-0.2, -0.15) is 0 Å². The van der Waals surface area contributed by atoms with Crippen LogP contribution < -0.4 is 0 Å². The van der Waals surface area contributed by atoms with Gasteiger partial charge in [-0.1, -0.05) is 42.5 Å². The third-order valence-corrected chi connectivity index (χ3v) is 3.83. The summed E-state index contributed by atoms with van der Waals surface area (Å²) in [7, 11) is 0. The highest BCUT2D eigenvalue weighted by atomic mass is 32.2. The summed E-state index contributed by atoms with van der Waals surface area (Å²) >= 11 is 1.09. The standard InChI is InChI=1S/C17H14N2O2S/c20-17(21-11-13-6-2-1-3-7-13)22-12-14-10-18-15-8-4-5-9-16(15)19-14/h1-10H,11-12H2. The molecule has 0 atom stereocenters. The second-order valence-electron chi connectivity index (χ2n) is 4.66. The van der Waals surface area contributed by atoms with Crippen molar-refractivity contribution in [3.63, 3.8) is 0 Å². The number of rotatable bonds is 4. The molecule has 5 heteroatoms. The highest BCUT2D eigenvalue weighted by Gasteiger charge is 2.07. The second-order valence-corrected chi connectivity index (χ2v) is 5.57. The van der Waals surface area contributed by atoms with Crippen LogP contribution in [0.5, 0.6) is 0 Å². The van der Waals surface area contributed by atoms with Crippen molar-refractivity contribution in [2.24, 2.45) is 0 Å². The Bertz CT molecular complexity index is 778. The summed E-state index contributed by atoms with van der Waals surface area (Å²) in [6.07, 6.45) is 1.69. The van der Waals surface area contributed by atoms with E-state index >= 15 is 0 Å². The Morgan fingerprint density at radius 2 is 1.73 bits per heavy atom. The van der Waals surface area contributed by atoms with Crippen molar-refractivity contribution in [2.75, 3.05) is 0 Å². The van der Waals surface area contributed by atoms with Crippen molar-refractivity contribution in [1.82, 2.24) is 9.97 Å². The molecule has 0 bridgehead atoms. The predicted octanol–water partition coefficient (Wildman–Crippen LogP) is 4.20. The number of aromatic nitrogens is 2. The molecule has 3 aromatic rings. The molecule has 0 fully saturated rings. The van der Waals surface area contributed by atoms with Crippen LogP contribution in [0.25, 0.3) is 11.0 Å². The van der Waals surface area contributed by atoms with E-state index in [0.29, 0.717) is 5.75 Å². The zero-order valence-electron chi connectivity index (χ0n) is 11.8. The summed E-state index contributed by atoms with van der Waals surface area (Å²) in [5.74, 6) is 0.450. The molecule has 4 nitrogen and oxygen atoms in total. The van der Waals surface area contributed by atoms with Crippen LogP contribution in [-0.2, 0) is 17.1 Å². The molecule has 0 saturated carbocycles. The lowest BCUT2D eigenvalue weighted by Crippen LogP contribution is -1.99. The summed E-state index contributed by atoms with van der Waals surface area (Å²) < 4.78 is 5.21. The lowest BCUT2D eigenvalue weighted by Gasteiger charge is -2.04. The van der Waals surface area contributed by atoms with E-state index in [1.54, 1.807) is 6.20 Å². The van der Waals surface area contributed by atoms with Gasteiger partial charge in [0, 0.05) is 11.9 Å². The van der Waals surface area contributed by atoms with Crippen LogP contribution in [0.4, 0.5) is 4.79 Å². The van der Waals surface area contributed by atoms with Gasteiger partial charge in [0.05, 0.1) is 16.7 Å². The fourth-order valence-corrected chi connectivity index (χ4v) is 2.50. The Kier molecular flexibility index (Phi) is 4.65. The molecule has 0 aliphatic carbocycles. The van der Waals surface area contributed by atoms with Crippen molar-refractivity contribution in [3.8, 4) is 0 Å². The van der Waals surface area contributed by atoms with Crippen molar-refractivity contribution in [3.05, 3.63) is 72.1 Å². The van der Waals surface area contributed by atoms with Crippen molar-refractivity contribution < 1.29 is 9.53 Å². The van der Waals surface area contributed by atoms with Crippen LogP contribution >= 0.6 is 11.8 Å². The molecule has 0 unspecified atom stereocenters. The largest absolute Gasteiger partial charge is 0.453 e. The summed E-state index contributed by atoms with van der Waals surface area (Å²) in [6, 6.07) is 17.3. The van der Waals surface area contributed by atoms with Gasteiger partial charge >= 0.3 is 5.30 Å². The summed E-state index contributed by atoms with van der Waals surface area (Å²) in [5, 5.41) is -0.307. The molecule has 0 aliphatic rings. The minimum absolute atomic E-state index is 0.288. The van der Waals surface area contributed by atoms with Gasteiger partial charge in [-0.3, -0.25) is 4.98 Å². The molecule has 0 N–H and O–H groups in total. The minimum Gasteiger partial charge on any atom is -0.453 e. The zero-order valence-corrected chi connectivity index (χ0v) is 12.6. The number of benzene rings is 2. The topological polar surface area (TPSA) is 52.1 Å². The van der Waals surface area contributed by atoms with Gasteiger partial charge in [-0.25, -0.2) is 9.78 Å². The highest BCUT2D eigenvalue weighted by Crippen LogP contribution is 2.16. The van der Waals surface area contributed by atoms with E-state index in [4.69, 9.17) is 4.74 Å². The van der Waals surface area contributed by atoms with Crippen LogP contribution in [0.1, 0.15) is 11.3 Å². The lowest BCUT2D eigenvalue weighted by molar-refractivity contribution is 0.168. The molecule has 0 saturated heterocycles. The summed E-state index contributed by atoms with van der Waals surface area (Å²) in [5.41, 5.74) is 3.42. The van der Waals surface area contributed by atoms with E-state index < -0.39 is 0 Å². The molecule has 0 spiro atoms. The Morgan fingerprint density at radius 1 is 1.00 bits per heavy atom. The van der Waals surface area contributed by atoms with Gasteiger partial charge in [-0.05, 0) is 29.5 Å². The van der Waals surface area contributed by atoms with Gasteiger partial charge in [0.15, 0.2) is 0 Å². The van der Waals surface area contributed by atoms with Gasteiger partial charge in [0.1, 0.15) is 6.61 Å². The molecule has 0 radical (unpaired) electrons. The number of fused-ring (bicyclic) bond motifs is 1. The Labute approximate surface area is 132 Å². The normalized spacial score (nSPS) is 10.5. The minimum atomic E-state index is -0.307. The van der Waals surface area contributed by atoms with Crippen LogP contribution in [0, 0.1) is 0 Å². The first-order valence-electron chi connectivity index (χ1n) is 6.85. The molecular weight excluding hydrogens is 296 g/mol. The first kappa shape index (κ1) is 14.5. The van der Waals surface area contributed by atoms with E-state index in [2.05, 4.69) is 9.97 Å². The van der Waals surface area contributed by atoms with E-state index in [1.807, 2.05) is 54.6 Å². The lowest BCUT2D eigenvalue weighted by atomic mass is 10.2. The fourth-order valence-electron chi connectivity index (χ4n) is 1.96. The van der Waals surface area contributed by atoms with Crippen molar-refractivity contribution >= 4 is 28.1 Å². The molecule has 0 amide bonds. The van der Waals surface area contributed by atoms with Gasteiger partial charge in [-0.15, -0.1) is 0 Å². The summed E-state index contributed by atoms with van der Waals surface area (Å²) in [4.78, 5) is 20.5. The number of carbonyl (C=O) groups is 1. The Hall–Kier alpha value is -2.40. The van der Waals surface area contributed by atoms with Crippen LogP contribution in [0.2, 0.25) is 0 Å². The third kappa shape index (κ3) is 3.83. The Balaban J connectivity index is 1.53. The summed E-state index contributed by atoms with van der Waals surface area (Å²) in [6.45, 7) is 0.288. The number of nitrogens with zero attached hydrogens (tertiary/aromatic N) is 2. The maximum Gasteiger partial charge on any atom is 0.368 e. The van der Waals surface area contributed by atoms with E-state index in [0.717, 1.165) is 34.1 Å². The van der Waals surface area contributed by atoms with Gasteiger partial charge in [0.2, 0.25) is 0 Å². The number of para-hydroxylation sites is 2. The number of thioether (sulfide) groups is 1. The van der Waals surface area contributed by atoms with Gasteiger partial charge < -0.3 is 4.74 Å². The first-order chi connectivity index (χ1) is 10.8. The average Bonchev–Trinajstić information content (AvgIpc) is 2.59. The van der Waals surface area contributed by atoms with Crippen molar-refractivity contribution in [1.29, 1.82) is 0 Å². The molecule has 3 rings (SSSR count). The fraction of sp³-hybridized carbons (Fsp3) is 0.118. The van der Waals surface area contributed by atoms with Crippen LogP contribution in [-0.4, -0.2) is 15.3 Å². The molecule has 1 heterocycles. The number of hydrogen-bond acceptors (Lipinski definition) is 5. The van der Waals surface area contributed by atoms with E-state index in [1.165, 1.54) is 0 Å². The number of hydrogen-bond donors (Lipinski definition) is 0. The first-order valence-corrected chi connectivity index (χ1v) is 7.84. The van der Waals surface area contributed by atoms with E-state index in [9.17, 15) is 4.79 Å². The Morgan fingerprint density at radius 3 is 2.55 bits per heavy atom. The SMILES string of the molecule is O=C(OCc1ccccc1)SCc1cnc2ccccc2n1. The van der Waals surface area contributed by atoms with Crippen LogP contribution in [0.3, 0.4) is 0 Å². The zero-order chi connectivity index (χ0) is 15.2. The predicted molar refractivity (Wildman–Crippen MR) is 87.5 cm³/mol. The average molecular weight is 310 g/mol. The molecule has 110 valence electrons. The second kappa shape index (κ2) is 7.04. The molecule has 0 aliphatic heterocycles. The van der Waals surface area contributed by atoms with Crippen molar-refractivity contribution in [2.45, 2.75) is 12.4 Å². The quantitative estimate of drug-likeness (QED) is 0.676. The monoisotopic (exact) mass is 310 g/mol. The number of ether oxygens (including phenoxy) is 1. The third-order valence-electron chi connectivity index (χ3n) is 3.04. The molecule has 2 aromatic carbocycles.